The Hall–Kier alpha value is -1.38. The molecule has 1 atom stereocenters. The average Bonchev–Trinajstić information content (AvgIpc) is 2.46. The molecule has 0 aliphatic carbocycles. The molecule has 1 aromatic rings. The van der Waals surface area contributed by atoms with Gasteiger partial charge in [-0.15, -0.1) is 0 Å². The number of nitrogens with zero attached hydrogens (tertiary/aromatic N) is 3. The molecule has 1 saturated heterocycles. The second-order valence-corrected chi connectivity index (χ2v) is 5.47. The Labute approximate surface area is 121 Å². The molecule has 0 saturated carbocycles. The summed E-state index contributed by atoms with van der Waals surface area (Å²) in [5.74, 6) is 0.0525. The molecule has 0 spiro atoms. The normalized spacial score (nSPS) is 17.8. The van der Waals surface area contributed by atoms with E-state index in [4.69, 9.17) is 5.26 Å². The van der Waals surface area contributed by atoms with Crippen LogP contribution in [0.5, 0.6) is 0 Å². The number of hydrogen-bond donors (Lipinski definition) is 0. The second-order valence-electron chi connectivity index (χ2n) is 4.61. The van der Waals surface area contributed by atoms with Crippen molar-refractivity contribution in [3.8, 4) is 6.07 Å². The molecular weight excluding hydrogens is 306 g/mol. The summed E-state index contributed by atoms with van der Waals surface area (Å²) in [6, 6.07) is 9.62. The highest BCUT2D eigenvalue weighted by atomic mass is 79.9. The van der Waals surface area contributed by atoms with Gasteiger partial charge in [0.25, 0.3) is 5.91 Å². The smallest absolute Gasteiger partial charge is 0.255 e. The Kier molecular flexibility index (Phi) is 4.56. The van der Waals surface area contributed by atoms with Gasteiger partial charge in [0.15, 0.2) is 0 Å². The van der Waals surface area contributed by atoms with Gasteiger partial charge in [0.1, 0.15) is 0 Å². The number of hydrogen-bond acceptors (Lipinski definition) is 3. The number of benzene rings is 1. The molecule has 0 radical (unpaired) electrons. The van der Waals surface area contributed by atoms with E-state index < -0.39 is 0 Å². The van der Waals surface area contributed by atoms with Crippen LogP contribution in [-0.2, 0) is 0 Å². The zero-order chi connectivity index (χ0) is 13.8. The molecule has 1 aliphatic rings. The fourth-order valence-corrected chi connectivity index (χ4v) is 2.65. The molecule has 2 rings (SSSR count). The minimum atomic E-state index is -0.0827. The lowest BCUT2D eigenvalue weighted by atomic mass is 10.1. The van der Waals surface area contributed by atoms with Crippen molar-refractivity contribution in [1.82, 2.24) is 9.80 Å². The van der Waals surface area contributed by atoms with Gasteiger partial charge < -0.3 is 4.90 Å². The molecule has 1 unspecified atom stereocenters. The lowest BCUT2D eigenvalue weighted by molar-refractivity contribution is 0.0615. The Morgan fingerprint density at radius 2 is 1.95 bits per heavy atom. The number of rotatable bonds is 2. The number of piperazine rings is 1. The summed E-state index contributed by atoms with van der Waals surface area (Å²) in [6.45, 7) is 4.75. The van der Waals surface area contributed by atoms with Crippen molar-refractivity contribution in [2.45, 2.75) is 13.0 Å². The minimum absolute atomic E-state index is 0.0525. The van der Waals surface area contributed by atoms with E-state index in [0.717, 1.165) is 17.6 Å². The van der Waals surface area contributed by atoms with E-state index in [-0.39, 0.29) is 11.9 Å². The third-order valence-corrected chi connectivity index (χ3v) is 4.13. The second kappa shape index (κ2) is 6.18. The number of halogens is 1. The largest absolute Gasteiger partial charge is 0.336 e. The van der Waals surface area contributed by atoms with Crippen LogP contribution in [0, 0.1) is 11.3 Å². The molecule has 1 aliphatic heterocycles. The number of nitriles is 1. The van der Waals surface area contributed by atoms with Crippen LogP contribution in [0.15, 0.2) is 28.7 Å². The lowest BCUT2D eigenvalue weighted by Gasteiger charge is -2.36. The zero-order valence-corrected chi connectivity index (χ0v) is 12.4. The van der Waals surface area contributed by atoms with Crippen molar-refractivity contribution in [2.24, 2.45) is 0 Å². The average molecular weight is 322 g/mol. The Balaban J connectivity index is 2.01. The predicted molar refractivity (Wildman–Crippen MR) is 76.7 cm³/mol. The van der Waals surface area contributed by atoms with Gasteiger partial charge in [-0.05, 0) is 35.0 Å². The summed E-state index contributed by atoms with van der Waals surface area (Å²) >= 11 is 3.41. The zero-order valence-electron chi connectivity index (χ0n) is 10.8. The molecule has 1 aromatic carbocycles. The molecule has 0 N–H and O–H groups in total. The van der Waals surface area contributed by atoms with Crippen molar-refractivity contribution >= 4 is 21.8 Å². The van der Waals surface area contributed by atoms with Gasteiger partial charge >= 0.3 is 0 Å². The molecule has 100 valence electrons. The summed E-state index contributed by atoms with van der Waals surface area (Å²) in [7, 11) is 0. The molecule has 19 heavy (non-hydrogen) atoms. The number of amides is 1. The highest BCUT2D eigenvalue weighted by Crippen LogP contribution is 2.19. The molecule has 0 bridgehead atoms. The Morgan fingerprint density at radius 1 is 1.32 bits per heavy atom. The van der Waals surface area contributed by atoms with E-state index in [9.17, 15) is 4.79 Å². The standard InChI is InChI=1S/C14H16BrN3O/c1-11(10-16)17-6-8-18(9-7-17)14(19)12-4-2-3-5-13(12)15/h2-5,11H,6-9H2,1H3. The maximum atomic E-state index is 12.4. The summed E-state index contributed by atoms with van der Waals surface area (Å²) < 4.78 is 0.827. The monoisotopic (exact) mass is 321 g/mol. The van der Waals surface area contributed by atoms with Crippen LogP contribution in [0.4, 0.5) is 0 Å². The first-order valence-corrected chi connectivity index (χ1v) is 7.10. The first-order valence-electron chi connectivity index (χ1n) is 6.31. The van der Waals surface area contributed by atoms with Crippen LogP contribution < -0.4 is 0 Å². The fourth-order valence-electron chi connectivity index (χ4n) is 2.20. The number of carbonyl (C=O) groups excluding carboxylic acids is 1. The summed E-state index contributed by atoms with van der Waals surface area (Å²) in [6.07, 6.45) is 0. The minimum Gasteiger partial charge on any atom is -0.336 e. The quantitative estimate of drug-likeness (QED) is 0.838. The molecule has 0 aromatic heterocycles. The van der Waals surface area contributed by atoms with Gasteiger partial charge in [0.2, 0.25) is 0 Å². The van der Waals surface area contributed by atoms with Crippen molar-refractivity contribution < 1.29 is 4.79 Å². The van der Waals surface area contributed by atoms with Gasteiger partial charge in [-0.2, -0.15) is 5.26 Å². The maximum absolute atomic E-state index is 12.4. The summed E-state index contributed by atoms with van der Waals surface area (Å²) in [4.78, 5) is 16.3. The van der Waals surface area contributed by atoms with E-state index >= 15 is 0 Å². The van der Waals surface area contributed by atoms with Crippen LogP contribution in [0.3, 0.4) is 0 Å². The van der Waals surface area contributed by atoms with Crippen molar-refractivity contribution in [1.29, 1.82) is 5.26 Å². The summed E-state index contributed by atoms with van der Waals surface area (Å²) in [5, 5.41) is 8.90. The van der Waals surface area contributed by atoms with Gasteiger partial charge in [0.05, 0.1) is 17.7 Å². The van der Waals surface area contributed by atoms with Gasteiger partial charge in [-0.3, -0.25) is 9.69 Å². The van der Waals surface area contributed by atoms with Gasteiger partial charge in [0, 0.05) is 30.7 Å². The van der Waals surface area contributed by atoms with E-state index in [1.54, 1.807) is 0 Å². The van der Waals surface area contributed by atoms with E-state index in [1.807, 2.05) is 36.1 Å². The lowest BCUT2D eigenvalue weighted by Crippen LogP contribution is -2.51. The third-order valence-electron chi connectivity index (χ3n) is 3.44. The first-order chi connectivity index (χ1) is 9.13. The SMILES string of the molecule is CC(C#N)N1CCN(C(=O)c2ccccc2Br)CC1. The van der Waals surface area contributed by atoms with E-state index in [0.29, 0.717) is 18.7 Å². The van der Waals surface area contributed by atoms with Crippen LogP contribution in [-0.4, -0.2) is 47.9 Å². The van der Waals surface area contributed by atoms with Gasteiger partial charge in [-0.25, -0.2) is 0 Å². The molecule has 1 heterocycles. The number of carbonyl (C=O) groups is 1. The first kappa shape index (κ1) is 14.0. The Morgan fingerprint density at radius 3 is 2.53 bits per heavy atom. The molecule has 5 heteroatoms. The Bertz CT molecular complexity index is 504. The van der Waals surface area contributed by atoms with Crippen LogP contribution in [0.1, 0.15) is 17.3 Å². The van der Waals surface area contributed by atoms with Crippen LogP contribution >= 0.6 is 15.9 Å². The highest BCUT2D eigenvalue weighted by Gasteiger charge is 2.25. The fraction of sp³-hybridized carbons (Fsp3) is 0.429. The molecule has 1 amide bonds. The predicted octanol–water partition coefficient (Wildman–Crippen LogP) is 2.12. The molecule has 1 fully saturated rings. The molecule has 4 nitrogen and oxygen atoms in total. The third kappa shape index (κ3) is 3.14. The van der Waals surface area contributed by atoms with Crippen molar-refractivity contribution in [2.75, 3.05) is 26.2 Å². The maximum Gasteiger partial charge on any atom is 0.255 e. The van der Waals surface area contributed by atoms with Crippen LogP contribution in [0.2, 0.25) is 0 Å². The van der Waals surface area contributed by atoms with Crippen molar-refractivity contribution in [3.63, 3.8) is 0 Å². The molecular formula is C14H16BrN3O. The van der Waals surface area contributed by atoms with Crippen molar-refractivity contribution in [3.05, 3.63) is 34.3 Å². The van der Waals surface area contributed by atoms with E-state index in [1.165, 1.54) is 0 Å². The van der Waals surface area contributed by atoms with Crippen LogP contribution in [0.25, 0.3) is 0 Å². The van der Waals surface area contributed by atoms with E-state index in [2.05, 4.69) is 26.9 Å². The van der Waals surface area contributed by atoms with Gasteiger partial charge in [-0.1, -0.05) is 12.1 Å². The topological polar surface area (TPSA) is 47.3 Å². The summed E-state index contributed by atoms with van der Waals surface area (Å²) in [5.41, 5.74) is 0.698. The highest BCUT2D eigenvalue weighted by molar-refractivity contribution is 9.10.